The zero-order valence-corrected chi connectivity index (χ0v) is 19.2. The van der Waals surface area contributed by atoms with Crippen molar-refractivity contribution < 1.29 is 0 Å². The van der Waals surface area contributed by atoms with Gasteiger partial charge in [0.1, 0.15) is 5.82 Å². The standard InChI is InChI=1S/C27H22ClN5O/c1-17(31-25-21(16-30-27(29)32-25)18-9-4-2-5-10-18)23-15-19-11-8-14-22(28)24(19)26(34)33(23)20-12-6-3-7-13-20/h2-17H,1H3,(H3,29,30,31,32). The molecular formula is C27H22ClN5O. The van der Waals surface area contributed by atoms with Gasteiger partial charge in [-0.25, -0.2) is 4.98 Å². The molecule has 0 aliphatic rings. The summed E-state index contributed by atoms with van der Waals surface area (Å²) in [6, 6.07) is 26.5. The smallest absolute Gasteiger partial charge is 0.264 e. The van der Waals surface area contributed by atoms with Gasteiger partial charge in [0.25, 0.3) is 5.56 Å². The molecule has 1 atom stereocenters. The fraction of sp³-hybridized carbons (Fsp3) is 0.0741. The number of pyridine rings is 1. The number of benzene rings is 3. The number of rotatable bonds is 5. The van der Waals surface area contributed by atoms with Crippen molar-refractivity contribution in [2.75, 3.05) is 11.1 Å². The molecule has 168 valence electrons. The number of nitrogen functional groups attached to an aromatic ring is 1. The van der Waals surface area contributed by atoms with E-state index in [0.29, 0.717) is 16.2 Å². The first-order valence-corrected chi connectivity index (χ1v) is 11.2. The molecule has 0 bridgehead atoms. The van der Waals surface area contributed by atoms with Gasteiger partial charge in [-0.05, 0) is 42.1 Å². The number of hydrogen-bond acceptors (Lipinski definition) is 5. The molecule has 7 heteroatoms. The molecule has 0 aliphatic carbocycles. The quantitative estimate of drug-likeness (QED) is 0.338. The summed E-state index contributed by atoms with van der Waals surface area (Å²) in [7, 11) is 0. The monoisotopic (exact) mass is 467 g/mol. The van der Waals surface area contributed by atoms with Crippen LogP contribution in [-0.2, 0) is 0 Å². The highest BCUT2D eigenvalue weighted by Gasteiger charge is 2.19. The maximum Gasteiger partial charge on any atom is 0.264 e. The van der Waals surface area contributed by atoms with E-state index in [1.165, 1.54) is 0 Å². The van der Waals surface area contributed by atoms with Gasteiger partial charge in [0.15, 0.2) is 0 Å². The van der Waals surface area contributed by atoms with E-state index in [9.17, 15) is 4.79 Å². The van der Waals surface area contributed by atoms with E-state index in [1.807, 2.05) is 85.8 Å². The number of hydrogen-bond donors (Lipinski definition) is 2. The van der Waals surface area contributed by atoms with Crippen LogP contribution in [-0.4, -0.2) is 14.5 Å². The largest absolute Gasteiger partial charge is 0.368 e. The highest BCUT2D eigenvalue weighted by atomic mass is 35.5. The summed E-state index contributed by atoms with van der Waals surface area (Å²) in [5.41, 5.74) is 9.05. The van der Waals surface area contributed by atoms with Gasteiger partial charge in [-0.1, -0.05) is 72.3 Å². The van der Waals surface area contributed by atoms with Crippen molar-refractivity contribution >= 4 is 34.1 Å². The van der Waals surface area contributed by atoms with Crippen molar-refractivity contribution in [1.82, 2.24) is 14.5 Å². The van der Waals surface area contributed by atoms with Crippen LogP contribution in [0.3, 0.4) is 0 Å². The zero-order valence-electron chi connectivity index (χ0n) is 18.4. The third-order valence-corrected chi connectivity index (χ3v) is 6.04. The number of nitrogens with one attached hydrogen (secondary N) is 1. The van der Waals surface area contributed by atoms with E-state index >= 15 is 0 Å². The first kappa shape index (κ1) is 21.7. The lowest BCUT2D eigenvalue weighted by molar-refractivity contribution is 0.773. The van der Waals surface area contributed by atoms with Crippen molar-refractivity contribution in [2.24, 2.45) is 0 Å². The maximum absolute atomic E-state index is 13.7. The average Bonchev–Trinajstić information content (AvgIpc) is 2.85. The van der Waals surface area contributed by atoms with Crippen LogP contribution in [0.25, 0.3) is 27.6 Å². The van der Waals surface area contributed by atoms with Crippen molar-refractivity contribution in [2.45, 2.75) is 13.0 Å². The number of para-hydroxylation sites is 1. The van der Waals surface area contributed by atoms with Crippen LogP contribution in [0.5, 0.6) is 0 Å². The highest BCUT2D eigenvalue weighted by Crippen LogP contribution is 2.31. The topological polar surface area (TPSA) is 85.8 Å². The summed E-state index contributed by atoms with van der Waals surface area (Å²) in [6.45, 7) is 1.98. The fourth-order valence-electron chi connectivity index (χ4n) is 4.12. The highest BCUT2D eigenvalue weighted by molar-refractivity contribution is 6.35. The molecule has 6 nitrogen and oxygen atoms in total. The Morgan fingerprint density at radius 3 is 2.41 bits per heavy atom. The predicted molar refractivity (Wildman–Crippen MR) is 138 cm³/mol. The average molecular weight is 468 g/mol. The minimum Gasteiger partial charge on any atom is -0.368 e. The summed E-state index contributed by atoms with van der Waals surface area (Å²) >= 11 is 6.43. The lowest BCUT2D eigenvalue weighted by Crippen LogP contribution is -2.26. The van der Waals surface area contributed by atoms with Gasteiger partial charge in [0.05, 0.1) is 16.5 Å². The van der Waals surface area contributed by atoms with Crippen LogP contribution in [0.2, 0.25) is 5.02 Å². The molecular weight excluding hydrogens is 446 g/mol. The third kappa shape index (κ3) is 4.00. The Labute approximate surface area is 201 Å². The number of aromatic nitrogens is 3. The van der Waals surface area contributed by atoms with Gasteiger partial charge < -0.3 is 11.1 Å². The second-order valence-corrected chi connectivity index (χ2v) is 8.38. The Morgan fingerprint density at radius 2 is 1.68 bits per heavy atom. The summed E-state index contributed by atoms with van der Waals surface area (Å²) in [4.78, 5) is 22.3. The Morgan fingerprint density at radius 1 is 0.971 bits per heavy atom. The molecule has 0 saturated carbocycles. The minimum atomic E-state index is -0.298. The normalized spacial score (nSPS) is 11.9. The number of fused-ring (bicyclic) bond motifs is 1. The summed E-state index contributed by atoms with van der Waals surface area (Å²) in [5, 5.41) is 5.15. The predicted octanol–water partition coefficient (Wildman–Crippen LogP) is 5.86. The van der Waals surface area contributed by atoms with Crippen LogP contribution in [0.4, 0.5) is 11.8 Å². The van der Waals surface area contributed by atoms with E-state index in [0.717, 1.165) is 27.9 Å². The molecule has 5 aromatic rings. The molecule has 2 aromatic heterocycles. The SMILES string of the molecule is CC(Nc1nc(N)ncc1-c1ccccc1)c1cc2cccc(Cl)c2c(=O)n1-c1ccccc1. The molecule has 0 fully saturated rings. The number of anilines is 2. The van der Waals surface area contributed by atoms with E-state index in [2.05, 4.69) is 15.3 Å². The van der Waals surface area contributed by atoms with E-state index in [1.54, 1.807) is 16.8 Å². The minimum absolute atomic E-state index is 0.167. The molecule has 2 heterocycles. The molecule has 5 rings (SSSR count). The van der Waals surface area contributed by atoms with Crippen LogP contribution in [0, 0.1) is 0 Å². The molecule has 1 unspecified atom stereocenters. The second-order valence-electron chi connectivity index (χ2n) is 7.97. The van der Waals surface area contributed by atoms with Gasteiger partial charge in [0, 0.05) is 23.1 Å². The lowest BCUT2D eigenvalue weighted by atomic mass is 10.1. The fourth-order valence-corrected chi connectivity index (χ4v) is 4.38. The van der Waals surface area contributed by atoms with Crippen molar-refractivity contribution in [1.29, 1.82) is 0 Å². The Balaban J connectivity index is 1.68. The van der Waals surface area contributed by atoms with Crippen LogP contribution in [0.15, 0.2) is 95.9 Å². The maximum atomic E-state index is 13.7. The van der Waals surface area contributed by atoms with Gasteiger partial charge in [-0.2, -0.15) is 4.98 Å². The van der Waals surface area contributed by atoms with Gasteiger partial charge in [0.2, 0.25) is 5.95 Å². The summed E-state index contributed by atoms with van der Waals surface area (Å²) in [6.07, 6.45) is 1.71. The number of halogens is 1. The zero-order chi connectivity index (χ0) is 23.7. The Bertz CT molecular complexity index is 1530. The molecule has 0 aliphatic heterocycles. The molecule has 0 spiro atoms. The van der Waals surface area contributed by atoms with Crippen molar-refractivity contribution in [3.63, 3.8) is 0 Å². The molecule has 0 amide bonds. The number of nitrogens with two attached hydrogens (primary N) is 1. The van der Waals surface area contributed by atoms with Crippen LogP contribution >= 0.6 is 11.6 Å². The lowest BCUT2D eigenvalue weighted by Gasteiger charge is -2.22. The van der Waals surface area contributed by atoms with Crippen LogP contribution in [0.1, 0.15) is 18.7 Å². The van der Waals surface area contributed by atoms with E-state index in [4.69, 9.17) is 17.3 Å². The molecule has 3 N–H and O–H groups in total. The summed E-state index contributed by atoms with van der Waals surface area (Å²) in [5.74, 6) is 0.754. The van der Waals surface area contributed by atoms with Crippen molar-refractivity contribution in [3.8, 4) is 16.8 Å². The summed E-state index contributed by atoms with van der Waals surface area (Å²) < 4.78 is 1.69. The molecule has 0 saturated heterocycles. The Hall–Kier alpha value is -4.16. The first-order valence-electron chi connectivity index (χ1n) is 10.9. The first-order chi connectivity index (χ1) is 16.5. The van der Waals surface area contributed by atoms with E-state index < -0.39 is 0 Å². The third-order valence-electron chi connectivity index (χ3n) is 5.73. The Kier molecular flexibility index (Phi) is 5.74. The molecule has 0 radical (unpaired) electrons. The molecule has 3 aromatic carbocycles. The molecule has 34 heavy (non-hydrogen) atoms. The van der Waals surface area contributed by atoms with Gasteiger partial charge in [-0.15, -0.1) is 0 Å². The second kappa shape index (κ2) is 9.00. The van der Waals surface area contributed by atoms with Gasteiger partial charge in [-0.3, -0.25) is 9.36 Å². The van der Waals surface area contributed by atoms with Gasteiger partial charge >= 0.3 is 0 Å². The van der Waals surface area contributed by atoms with Crippen LogP contribution < -0.4 is 16.6 Å². The number of nitrogens with zero attached hydrogens (tertiary/aromatic N) is 3. The van der Waals surface area contributed by atoms with E-state index in [-0.39, 0.29) is 17.5 Å². The van der Waals surface area contributed by atoms with Crippen molar-refractivity contribution in [3.05, 3.63) is 112 Å².